The Labute approximate surface area is 224 Å². The molecular formula is C32H32N4O2. The first-order valence-electron chi connectivity index (χ1n) is 13.1. The molecule has 5 rings (SSSR count). The SMILES string of the molecule is CN(C(=O)C1CCCC(C(=O)N(C)c2ccc(-c3ccccc3)nc2)C1)c1ccc(-c2ccccc2)nc1. The van der Waals surface area contributed by atoms with Crippen molar-refractivity contribution in [3.8, 4) is 22.5 Å². The minimum absolute atomic E-state index is 0.0355. The van der Waals surface area contributed by atoms with E-state index in [4.69, 9.17) is 0 Å². The quantitative estimate of drug-likeness (QED) is 0.312. The molecule has 1 aliphatic carbocycles. The van der Waals surface area contributed by atoms with Crippen molar-refractivity contribution in [3.05, 3.63) is 97.3 Å². The van der Waals surface area contributed by atoms with Crippen molar-refractivity contribution >= 4 is 23.2 Å². The Hall–Kier alpha value is -4.32. The molecule has 6 heteroatoms. The summed E-state index contributed by atoms with van der Waals surface area (Å²) >= 11 is 0. The first kappa shape index (κ1) is 25.3. The van der Waals surface area contributed by atoms with Crippen LogP contribution in [0.2, 0.25) is 0 Å². The standard InChI is InChI=1S/C32H32N4O2/c1-35(27-16-18-29(33-21-27)23-10-5-3-6-11-23)31(37)25-14-9-15-26(20-25)32(38)36(2)28-17-19-30(34-22-28)24-12-7-4-8-13-24/h3-8,10-13,16-19,21-22,25-26H,9,14-15,20H2,1-2H3. The summed E-state index contributed by atoms with van der Waals surface area (Å²) in [6.07, 6.45) is 6.47. The molecule has 192 valence electrons. The van der Waals surface area contributed by atoms with Gasteiger partial charge in [0, 0.05) is 37.1 Å². The van der Waals surface area contributed by atoms with Crippen molar-refractivity contribution in [2.24, 2.45) is 11.8 Å². The van der Waals surface area contributed by atoms with Gasteiger partial charge < -0.3 is 9.80 Å². The van der Waals surface area contributed by atoms with E-state index in [9.17, 15) is 9.59 Å². The molecule has 0 spiro atoms. The highest BCUT2D eigenvalue weighted by atomic mass is 16.2. The molecule has 2 aromatic carbocycles. The number of nitrogens with zero attached hydrogens (tertiary/aromatic N) is 4. The summed E-state index contributed by atoms with van der Waals surface area (Å²) in [5.74, 6) is -0.312. The van der Waals surface area contributed by atoms with E-state index in [2.05, 4.69) is 9.97 Å². The fourth-order valence-corrected chi connectivity index (χ4v) is 5.17. The van der Waals surface area contributed by atoms with E-state index in [-0.39, 0.29) is 23.7 Å². The van der Waals surface area contributed by atoms with Gasteiger partial charge in [-0.25, -0.2) is 0 Å². The molecule has 2 unspecified atom stereocenters. The van der Waals surface area contributed by atoms with E-state index in [1.54, 1.807) is 36.3 Å². The molecule has 0 N–H and O–H groups in total. The van der Waals surface area contributed by atoms with Gasteiger partial charge in [-0.3, -0.25) is 19.6 Å². The Morgan fingerprint density at radius 2 is 1.05 bits per heavy atom. The highest BCUT2D eigenvalue weighted by molar-refractivity contribution is 5.97. The second-order valence-electron chi connectivity index (χ2n) is 9.89. The van der Waals surface area contributed by atoms with Crippen LogP contribution < -0.4 is 9.80 Å². The van der Waals surface area contributed by atoms with Crippen LogP contribution in [0.25, 0.3) is 22.5 Å². The number of carbonyl (C=O) groups excluding carboxylic acids is 2. The van der Waals surface area contributed by atoms with E-state index in [0.717, 1.165) is 53.2 Å². The third-order valence-corrected chi connectivity index (χ3v) is 7.44. The molecule has 2 amide bonds. The average Bonchev–Trinajstić information content (AvgIpc) is 3.00. The zero-order valence-electron chi connectivity index (χ0n) is 21.8. The summed E-state index contributed by atoms with van der Waals surface area (Å²) in [5, 5.41) is 0. The first-order valence-corrected chi connectivity index (χ1v) is 13.1. The number of benzene rings is 2. The Morgan fingerprint density at radius 3 is 1.42 bits per heavy atom. The highest BCUT2D eigenvalue weighted by Crippen LogP contribution is 2.33. The average molecular weight is 505 g/mol. The number of hydrogen-bond donors (Lipinski definition) is 0. The number of anilines is 2. The van der Waals surface area contributed by atoms with Crippen molar-refractivity contribution < 1.29 is 9.59 Å². The maximum Gasteiger partial charge on any atom is 0.229 e. The summed E-state index contributed by atoms with van der Waals surface area (Å²) in [6.45, 7) is 0. The topological polar surface area (TPSA) is 66.4 Å². The van der Waals surface area contributed by atoms with Gasteiger partial charge in [-0.1, -0.05) is 67.1 Å². The number of carbonyl (C=O) groups is 2. The molecule has 6 nitrogen and oxygen atoms in total. The summed E-state index contributed by atoms with van der Waals surface area (Å²) in [5.41, 5.74) is 5.32. The van der Waals surface area contributed by atoms with Crippen molar-refractivity contribution in [1.29, 1.82) is 0 Å². The summed E-state index contributed by atoms with van der Waals surface area (Å²) in [4.78, 5) is 39.3. The molecule has 38 heavy (non-hydrogen) atoms. The van der Waals surface area contributed by atoms with Gasteiger partial charge in [0.25, 0.3) is 0 Å². The normalized spacial score (nSPS) is 17.0. The Kier molecular flexibility index (Phi) is 7.59. The van der Waals surface area contributed by atoms with Gasteiger partial charge in [0.05, 0.1) is 35.2 Å². The Bertz CT molecular complexity index is 1270. The number of amides is 2. The van der Waals surface area contributed by atoms with Gasteiger partial charge >= 0.3 is 0 Å². The molecular weight excluding hydrogens is 472 g/mol. The fourth-order valence-electron chi connectivity index (χ4n) is 5.17. The number of aromatic nitrogens is 2. The molecule has 2 heterocycles. The Balaban J connectivity index is 1.22. The molecule has 2 aromatic heterocycles. The maximum atomic E-state index is 13.4. The predicted octanol–water partition coefficient (Wildman–Crippen LogP) is 6.24. The Morgan fingerprint density at radius 1 is 0.632 bits per heavy atom. The lowest BCUT2D eigenvalue weighted by atomic mass is 9.80. The van der Waals surface area contributed by atoms with E-state index in [1.165, 1.54) is 0 Å². The van der Waals surface area contributed by atoms with Crippen LogP contribution in [0, 0.1) is 11.8 Å². The predicted molar refractivity (Wildman–Crippen MR) is 152 cm³/mol. The van der Waals surface area contributed by atoms with Gasteiger partial charge in [-0.15, -0.1) is 0 Å². The molecule has 1 fully saturated rings. The summed E-state index contributed by atoms with van der Waals surface area (Å²) in [6, 6.07) is 27.7. The van der Waals surface area contributed by atoms with Gasteiger partial charge in [0.1, 0.15) is 0 Å². The van der Waals surface area contributed by atoms with Crippen LogP contribution >= 0.6 is 0 Å². The zero-order chi connectivity index (χ0) is 26.5. The second-order valence-corrected chi connectivity index (χ2v) is 9.89. The number of hydrogen-bond acceptors (Lipinski definition) is 4. The van der Waals surface area contributed by atoms with E-state index in [1.807, 2.05) is 84.9 Å². The molecule has 1 aliphatic rings. The zero-order valence-corrected chi connectivity index (χ0v) is 21.8. The van der Waals surface area contributed by atoms with E-state index >= 15 is 0 Å². The largest absolute Gasteiger partial charge is 0.314 e. The van der Waals surface area contributed by atoms with E-state index in [0.29, 0.717) is 6.42 Å². The van der Waals surface area contributed by atoms with Crippen molar-refractivity contribution in [2.45, 2.75) is 25.7 Å². The lowest BCUT2D eigenvalue weighted by Gasteiger charge is -2.32. The molecule has 2 atom stereocenters. The molecule has 4 aromatic rings. The molecule has 1 saturated carbocycles. The first-order chi connectivity index (χ1) is 18.5. The fraction of sp³-hybridized carbons (Fsp3) is 0.250. The van der Waals surface area contributed by atoms with Crippen LogP contribution in [0.4, 0.5) is 11.4 Å². The van der Waals surface area contributed by atoms with Crippen LogP contribution in [0.5, 0.6) is 0 Å². The number of pyridine rings is 2. The molecule has 0 radical (unpaired) electrons. The van der Waals surface area contributed by atoms with Crippen LogP contribution in [-0.2, 0) is 9.59 Å². The maximum absolute atomic E-state index is 13.4. The molecule has 0 aliphatic heterocycles. The highest BCUT2D eigenvalue weighted by Gasteiger charge is 2.34. The van der Waals surface area contributed by atoms with Crippen LogP contribution in [-0.4, -0.2) is 35.9 Å². The third-order valence-electron chi connectivity index (χ3n) is 7.44. The minimum Gasteiger partial charge on any atom is -0.314 e. The minimum atomic E-state index is -0.191. The van der Waals surface area contributed by atoms with Crippen LogP contribution in [0.3, 0.4) is 0 Å². The molecule has 0 saturated heterocycles. The van der Waals surface area contributed by atoms with Crippen molar-refractivity contribution in [3.63, 3.8) is 0 Å². The summed E-state index contributed by atoms with van der Waals surface area (Å²) < 4.78 is 0. The van der Waals surface area contributed by atoms with Crippen molar-refractivity contribution in [1.82, 2.24) is 9.97 Å². The van der Waals surface area contributed by atoms with Gasteiger partial charge in [-0.05, 0) is 43.5 Å². The third kappa shape index (κ3) is 5.49. The van der Waals surface area contributed by atoms with Crippen LogP contribution in [0.15, 0.2) is 97.3 Å². The van der Waals surface area contributed by atoms with E-state index < -0.39 is 0 Å². The summed E-state index contributed by atoms with van der Waals surface area (Å²) in [7, 11) is 3.58. The lowest BCUT2D eigenvalue weighted by Crippen LogP contribution is -2.40. The van der Waals surface area contributed by atoms with Gasteiger partial charge in [-0.2, -0.15) is 0 Å². The lowest BCUT2D eigenvalue weighted by molar-refractivity contribution is -0.127. The van der Waals surface area contributed by atoms with Crippen molar-refractivity contribution in [2.75, 3.05) is 23.9 Å². The monoisotopic (exact) mass is 504 g/mol. The molecule has 0 bridgehead atoms. The smallest absolute Gasteiger partial charge is 0.229 e. The van der Waals surface area contributed by atoms with Crippen LogP contribution in [0.1, 0.15) is 25.7 Å². The second kappa shape index (κ2) is 11.4. The van der Waals surface area contributed by atoms with Gasteiger partial charge in [0.2, 0.25) is 11.8 Å². The van der Waals surface area contributed by atoms with Gasteiger partial charge in [0.15, 0.2) is 0 Å². The number of rotatable bonds is 6.